The Morgan fingerprint density at radius 2 is 0.805 bits per heavy atom. The average Bonchev–Trinajstić information content (AvgIpc) is 3.03. The summed E-state index contributed by atoms with van der Waals surface area (Å²) >= 11 is 0. The zero-order chi connectivity index (χ0) is 29.8. The van der Waals surface area contributed by atoms with Gasteiger partial charge in [-0.25, -0.2) is 0 Å². The van der Waals surface area contributed by atoms with Gasteiger partial charge in [0.25, 0.3) is 11.8 Å². The first-order chi connectivity index (χ1) is 19.6. The zero-order valence-electron chi connectivity index (χ0n) is 24.7. The van der Waals surface area contributed by atoms with Crippen molar-refractivity contribution in [1.82, 2.24) is 10.6 Å². The molecule has 4 aromatic carbocycles. The van der Waals surface area contributed by atoms with Crippen molar-refractivity contribution in [2.45, 2.75) is 44.9 Å². The minimum Gasteiger partial charge on any atom is -0.355 e. The number of benzene rings is 4. The van der Waals surface area contributed by atoms with Gasteiger partial charge in [-0.3, -0.25) is 14.4 Å². The zero-order valence-corrected chi connectivity index (χ0v) is 24.7. The van der Waals surface area contributed by atoms with E-state index in [1.807, 2.05) is 79.7 Å². The molecule has 4 aromatic rings. The lowest BCUT2D eigenvalue weighted by molar-refractivity contribution is 0.0955. The summed E-state index contributed by atoms with van der Waals surface area (Å²) in [5, 5.41) is 5.35. The van der Waals surface area contributed by atoms with Crippen molar-refractivity contribution >= 4 is 17.6 Å². The molecule has 0 aromatic heterocycles. The fraction of sp³-hybridized carbons (Fsp3) is 0.250. The lowest BCUT2D eigenvalue weighted by Gasteiger charge is -2.33. The van der Waals surface area contributed by atoms with E-state index in [4.69, 9.17) is 0 Å². The molecule has 0 aliphatic carbocycles. The lowest BCUT2D eigenvalue weighted by atomic mass is 9.69. The van der Waals surface area contributed by atoms with Gasteiger partial charge in [-0.1, -0.05) is 93.6 Å². The van der Waals surface area contributed by atoms with Gasteiger partial charge in [0.05, 0.1) is 0 Å². The van der Waals surface area contributed by atoms with Crippen LogP contribution in [0.4, 0.5) is 0 Å². The van der Waals surface area contributed by atoms with Gasteiger partial charge in [0, 0.05) is 48.0 Å². The number of hydrogen-bond acceptors (Lipinski definition) is 3. The summed E-state index contributed by atoms with van der Waals surface area (Å²) in [6, 6.07) is 31.9. The minimum atomic E-state index is -0.535. The third-order valence-corrected chi connectivity index (χ3v) is 8.34. The molecule has 0 heterocycles. The molecular weight excluding hydrogens is 508 g/mol. The first-order valence-electron chi connectivity index (χ1n) is 14.0. The van der Waals surface area contributed by atoms with Gasteiger partial charge >= 0.3 is 0 Å². The second-order valence-electron chi connectivity index (χ2n) is 11.0. The number of carbonyl (C=O) groups excluding carboxylic acids is 3. The molecule has 0 spiro atoms. The molecule has 0 saturated heterocycles. The quantitative estimate of drug-likeness (QED) is 0.182. The standard InChI is InChI=1S/C36H38N2O3/c1-7-32(39)24-8-16-29(17-9-24)36(4,30-18-12-26(13-19-30)34(41)38-6)31-22-20-28(21-23-31)35(2,3)27-14-10-25(11-15-27)33(40)37-5/h8-23H,7H2,1-6H3,(H,37,40)(H,38,41). The molecule has 0 radical (unpaired) electrons. The van der Waals surface area contributed by atoms with Gasteiger partial charge in [0.2, 0.25) is 0 Å². The molecule has 210 valence electrons. The van der Waals surface area contributed by atoms with E-state index in [2.05, 4.69) is 55.7 Å². The SMILES string of the molecule is CCC(=O)c1ccc(C(C)(c2ccc(C(=O)NC)cc2)c2ccc(C(C)(C)c3ccc(C(=O)NC)cc3)cc2)cc1. The van der Waals surface area contributed by atoms with Gasteiger partial charge in [-0.05, 0) is 59.0 Å². The van der Waals surface area contributed by atoms with Crippen LogP contribution in [-0.2, 0) is 10.8 Å². The van der Waals surface area contributed by atoms with Crippen molar-refractivity contribution in [3.05, 3.63) is 142 Å². The molecule has 0 aliphatic heterocycles. The number of ketones is 1. The van der Waals surface area contributed by atoms with E-state index >= 15 is 0 Å². The van der Waals surface area contributed by atoms with Crippen LogP contribution in [0.25, 0.3) is 0 Å². The van der Waals surface area contributed by atoms with Crippen LogP contribution in [0.3, 0.4) is 0 Å². The van der Waals surface area contributed by atoms with Gasteiger partial charge in [-0.2, -0.15) is 0 Å². The highest BCUT2D eigenvalue weighted by atomic mass is 16.2. The van der Waals surface area contributed by atoms with Crippen molar-refractivity contribution < 1.29 is 14.4 Å². The van der Waals surface area contributed by atoms with E-state index in [0.29, 0.717) is 23.1 Å². The Balaban J connectivity index is 1.76. The Labute approximate surface area is 243 Å². The molecule has 2 amide bonds. The number of Topliss-reactive ketones (excluding diaryl/α,β-unsaturated/α-hetero) is 1. The number of amides is 2. The molecule has 0 fully saturated rings. The van der Waals surface area contributed by atoms with E-state index < -0.39 is 5.41 Å². The number of rotatable bonds is 9. The predicted molar refractivity (Wildman–Crippen MR) is 165 cm³/mol. The van der Waals surface area contributed by atoms with Crippen LogP contribution in [0.1, 0.15) is 93.0 Å². The molecule has 4 rings (SSSR count). The Morgan fingerprint density at radius 3 is 1.15 bits per heavy atom. The predicted octanol–water partition coefficient (Wildman–Crippen LogP) is 6.68. The van der Waals surface area contributed by atoms with Crippen LogP contribution >= 0.6 is 0 Å². The van der Waals surface area contributed by atoms with Crippen molar-refractivity contribution in [3.8, 4) is 0 Å². The van der Waals surface area contributed by atoms with Gasteiger partial charge in [0.15, 0.2) is 5.78 Å². The molecule has 0 saturated carbocycles. The molecule has 41 heavy (non-hydrogen) atoms. The first kappa shape index (κ1) is 29.5. The largest absolute Gasteiger partial charge is 0.355 e. The normalized spacial score (nSPS) is 12.7. The number of nitrogens with one attached hydrogen (secondary N) is 2. The second kappa shape index (κ2) is 11.9. The van der Waals surface area contributed by atoms with Gasteiger partial charge in [-0.15, -0.1) is 0 Å². The summed E-state index contributed by atoms with van der Waals surface area (Å²) in [7, 11) is 3.25. The summed E-state index contributed by atoms with van der Waals surface area (Å²) < 4.78 is 0. The fourth-order valence-corrected chi connectivity index (χ4v) is 5.36. The maximum Gasteiger partial charge on any atom is 0.251 e. The van der Waals surface area contributed by atoms with E-state index in [1.165, 1.54) is 0 Å². The van der Waals surface area contributed by atoms with Crippen molar-refractivity contribution in [3.63, 3.8) is 0 Å². The summed E-state index contributed by atoms with van der Waals surface area (Å²) in [5.41, 5.74) is 6.56. The maximum absolute atomic E-state index is 12.3. The van der Waals surface area contributed by atoms with E-state index in [9.17, 15) is 14.4 Å². The maximum atomic E-state index is 12.3. The van der Waals surface area contributed by atoms with Gasteiger partial charge < -0.3 is 10.6 Å². The second-order valence-corrected chi connectivity index (χ2v) is 11.0. The van der Waals surface area contributed by atoms with Crippen LogP contribution in [0.15, 0.2) is 97.1 Å². The third kappa shape index (κ3) is 5.71. The Morgan fingerprint density at radius 1 is 0.512 bits per heavy atom. The Kier molecular flexibility index (Phi) is 8.57. The van der Waals surface area contributed by atoms with Crippen LogP contribution < -0.4 is 10.6 Å². The van der Waals surface area contributed by atoms with Crippen LogP contribution in [-0.4, -0.2) is 31.7 Å². The van der Waals surface area contributed by atoms with Crippen LogP contribution in [0.2, 0.25) is 0 Å². The molecule has 1 atom stereocenters. The highest BCUT2D eigenvalue weighted by Gasteiger charge is 2.32. The molecule has 5 nitrogen and oxygen atoms in total. The summed E-state index contributed by atoms with van der Waals surface area (Å²) in [6.45, 7) is 8.40. The van der Waals surface area contributed by atoms with E-state index in [1.54, 1.807) is 14.1 Å². The summed E-state index contributed by atoms with van der Waals surface area (Å²) in [5.74, 6) is -0.118. The Hall–Kier alpha value is -4.51. The summed E-state index contributed by atoms with van der Waals surface area (Å²) in [6.07, 6.45) is 0.462. The molecule has 5 heteroatoms. The average molecular weight is 547 g/mol. The number of carbonyl (C=O) groups is 3. The molecule has 1 unspecified atom stereocenters. The summed E-state index contributed by atoms with van der Waals surface area (Å²) in [4.78, 5) is 36.5. The lowest BCUT2D eigenvalue weighted by Crippen LogP contribution is -2.26. The molecule has 0 aliphatic rings. The van der Waals surface area contributed by atoms with Gasteiger partial charge in [0.1, 0.15) is 0 Å². The molecular formula is C36H38N2O3. The topological polar surface area (TPSA) is 75.3 Å². The highest BCUT2D eigenvalue weighted by Crippen LogP contribution is 2.40. The molecule has 2 N–H and O–H groups in total. The smallest absolute Gasteiger partial charge is 0.251 e. The Bertz CT molecular complexity index is 1470. The third-order valence-electron chi connectivity index (χ3n) is 8.34. The van der Waals surface area contributed by atoms with E-state index in [0.717, 1.165) is 27.8 Å². The monoisotopic (exact) mass is 546 g/mol. The van der Waals surface area contributed by atoms with Crippen molar-refractivity contribution in [2.75, 3.05) is 14.1 Å². The first-order valence-corrected chi connectivity index (χ1v) is 14.0. The van der Waals surface area contributed by atoms with Crippen LogP contribution in [0.5, 0.6) is 0 Å². The molecule has 0 bridgehead atoms. The number of hydrogen-bond donors (Lipinski definition) is 2. The fourth-order valence-electron chi connectivity index (χ4n) is 5.36. The van der Waals surface area contributed by atoms with Crippen LogP contribution in [0, 0.1) is 0 Å². The highest BCUT2D eigenvalue weighted by molar-refractivity contribution is 5.96. The minimum absolute atomic E-state index is 0.103. The van der Waals surface area contributed by atoms with Crippen molar-refractivity contribution in [2.24, 2.45) is 0 Å². The van der Waals surface area contributed by atoms with E-state index in [-0.39, 0.29) is 23.0 Å². The van der Waals surface area contributed by atoms with Crippen molar-refractivity contribution in [1.29, 1.82) is 0 Å².